The number of pyridine rings is 1. The van der Waals surface area contributed by atoms with Crippen LogP contribution in [0.1, 0.15) is 18.4 Å². The normalized spacial score (nSPS) is 11.0. The maximum atomic E-state index is 4.34. The van der Waals surface area contributed by atoms with Crippen molar-refractivity contribution in [1.82, 2.24) is 19.9 Å². The lowest BCUT2D eigenvalue weighted by Gasteiger charge is -2.06. The smallest absolute Gasteiger partial charge is 0.0945 e. The fourth-order valence-electron chi connectivity index (χ4n) is 2.43. The van der Waals surface area contributed by atoms with Crippen molar-refractivity contribution in [3.8, 4) is 0 Å². The van der Waals surface area contributed by atoms with Crippen LogP contribution in [0.2, 0.25) is 0 Å². The lowest BCUT2D eigenvalue weighted by molar-refractivity contribution is 0.568. The van der Waals surface area contributed by atoms with Crippen LogP contribution in [0.3, 0.4) is 0 Å². The predicted octanol–water partition coefficient (Wildman–Crippen LogP) is 3.00. The van der Waals surface area contributed by atoms with Gasteiger partial charge in [0.15, 0.2) is 0 Å². The quantitative estimate of drug-likeness (QED) is 0.677. The first-order valence-corrected chi connectivity index (χ1v) is 7.42. The standard InChI is InChI=1S/C17H20N4/c1(2-10-21-11-9-19-14-21)7-18-13-15-5-6-17-16(12-15)4-3-8-20-17/h3-6,8-9,11-12,14,18H,1-2,7,10,13H2. The first-order chi connectivity index (χ1) is 10.4. The molecule has 0 spiro atoms. The van der Waals surface area contributed by atoms with E-state index < -0.39 is 0 Å². The third-order valence-corrected chi connectivity index (χ3v) is 3.58. The highest BCUT2D eigenvalue weighted by Gasteiger charge is 1.97. The van der Waals surface area contributed by atoms with Gasteiger partial charge < -0.3 is 9.88 Å². The minimum Gasteiger partial charge on any atom is -0.337 e. The van der Waals surface area contributed by atoms with Crippen molar-refractivity contribution in [3.63, 3.8) is 0 Å². The second-order valence-electron chi connectivity index (χ2n) is 5.21. The lowest BCUT2D eigenvalue weighted by atomic mass is 10.1. The van der Waals surface area contributed by atoms with E-state index in [1.165, 1.54) is 23.8 Å². The summed E-state index contributed by atoms with van der Waals surface area (Å²) in [6.45, 7) is 3.00. The number of benzene rings is 1. The fraction of sp³-hybridized carbons (Fsp3) is 0.294. The Labute approximate surface area is 124 Å². The number of fused-ring (bicyclic) bond motifs is 1. The highest BCUT2D eigenvalue weighted by Crippen LogP contribution is 2.13. The second kappa shape index (κ2) is 6.99. The number of hydrogen-bond donors (Lipinski definition) is 1. The van der Waals surface area contributed by atoms with E-state index in [9.17, 15) is 0 Å². The minimum absolute atomic E-state index is 0.913. The van der Waals surface area contributed by atoms with Crippen LogP contribution in [0, 0.1) is 0 Å². The number of hydrogen-bond acceptors (Lipinski definition) is 3. The molecule has 4 heteroatoms. The van der Waals surface area contributed by atoms with Gasteiger partial charge in [-0.1, -0.05) is 12.1 Å². The van der Waals surface area contributed by atoms with E-state index in [1.54, 1.807) is 0 Å². The molecule has 0 unspecified atom stereocenters. The molecule has 0 aliphatic carbocycles. The number of rotatable bonds is 7. The Balaban J connectivity index is 1.40. The number of nitrogens with one attached hydrogen (secondary N) is 1. The molecule has 0 saturated carbocycles. The molecule has 2 aromatic heterocycles. The van der Waals surface area contributed by atoms with Gasteiger partial charge in [0.05, 0.1) is 11.8 Å². The molecule has 0 saturated heterocycles. The fourth-order valence-corrected chi connectivity index (χ4v) is 2.43. The third kappa shape index (κ3) is 3.89. The average molecular weight is 280 g/mol. The number of unbranched alkanes of at least 4 members (excludes halogenated alkanes) is 1. The highest BCUT2D eigenvalue weighted by molar-refractivity contribution is 5.78. The Kier molecular flexibility index (Phi) is 4.59. The molecular weight excluding hydrogens is 260 g/mol. The van der Waals surface area contributed by atoms with Crippen molar-refractivity contribution >= 4 is 10.9 Å². The number of aromatic nitrogens is 3. The van der Waals surface area contributed by atoms with E-state index in [-0.39, 0.29) is 0 Å². The first kappa shape index (κ1) is 13.8. The van der Waals surface area contributed by atoms with Crippen LogP contribution >= 0.6 is 0 Å². The van der Waals surface area contributed by atoms with Crippen molar-refractivity contribution in [2.24, 2.45) is 0 Å². The molecule has 0 radical (unpaired) electrons. The summed E-state index contributed by atoms with van der Waals surface area (Å²) in [5.41, 5.74) is 2.37. The summed E-state index contributed by atoms with van der Waals surface area (Å²) >= 11 is 0. The molecule has 0 amide bonds. The van der Waals surface area contributed by atoms with Crippen LogP contribution in [0.25, 0.3) is 10.9 Å². The number of aryl methyl sites for hydroxylation is 1. The lowest BCUT2D eigenvalue weighted by Crippen LogP contribution is -2.15. The van der Waals surface area contributed by atoms with Crippen molar-refractivity contribution in [1.29, 1.82) is 0 Å². The van der Waals surface area contributed by atoms with Crippen molar-refractivity contribution in [3.05, 3.63) is 60.8 Å². The molecule has 1 N–H and O–H groups in total. The van der Waals surface area contributed by atoms with E-state index in [0.717, 1.165) is 25.2 Å². The second-order valence-corrected chi connectivity index (χ2v) is 5.21. The maximum absolute atomic E-state index is 4.34. The van der Waals surface area contributed by atoms with Gasteiger partial charge in [-0.15, -0.1) is 0 Å². The Bertz CT molecular complexity index is 676. The summed E-state index contributed by atoms with van der Waals surface area (Å²) in [4.78, 5) is 8.38. The molecular formula is C17H20N4. The zero-order valence-corrected chi connectivity index (χ0v) is 12.1. The van der Waals surface area contributed by atoms with E-state index in [2.05, 4.69) is 44.1 Å². The van der Waals surface area contributed by atoms with Crippen LogP contribution in [0.15, 0.2) is 55.2 Å². The van der Waals surface area contributed by atoms with Gasteiger partial charge in [0.1, 0.15) is 0 Å². The van der Waals surface area contributed by atoms with Crippen LogP contribution in [0.5, 0.6) is 0 Å². The number of imidazole rings is 1. The Morgan fingerprint density at radius 2 is 2.10 bits per heavy atom. The molecule has 3 aromatic rings. The zero-order chi connectivity index (χ0) is 14.3. The molecule has 2 heterocycles. The summed E-state index contributed by atoms with van der Waals surface area (Å²) < 4.78 is 2.12. The van der Waals surface area contributed by atoms with Crippen LogP contribution < -0.4 is 5.32 Å². The monoisotopic (exact) mass is 280 g/mol. The van der Waals surface area contributed by atoms with Gasteiger partial charge in [-0.05, 0) is 43.1 Å². The molecule has 3 rings (SSSR count). The van der Waals surface area contributed by atoms with Crippen molar-refractivity contribution < 1.29 is 0 Å². The SMILES string of the molecule is c1cnc2ccc(CNCCCCn3ccnc3)cc2c1. The molecule has 0 fully saturated rings. The predicted molar refractivity (Wildman–Crippen MR) is 84.9 cm³/mol. The minimum atomic E-state index is 0.913. The summed E-state index contributed by atoms with van der Waals surface area (Å²) in [5.74, 6) is 0. The molecule has 4 nitrogen and oxygen atoms in total. The molecule has 0 aliphatic rings. The van der Waals surface area contributed by atoms with Gasteiger partial charge in [-0.3, -0.25) is 4.98 Å². The summed E-state index contributed by atoms with van der Waals surface area (Å²) in [7, 11) is 0. The van der Waals surface area contributed by atoms with Crippen LogP contribution in [-0.2, 0) is 13.1 Å². The Hall–Kier alpha value is -2.20. The first-order valence-electron chi connectivity index (χ1n) is 7.42. The van der Waals surface area contributed by atoms with E-state index in [4.69, 9.17) is 0 Å². The Morgan fingerprint density at radius 3 is 3.00 bits per heavy atom. The summed E-state index contributed by atoms with van der Waals surface area (Å²) in [6, 6.07) is 10.5. The highest BCUT2D eigenvalue weighted by atomic mass is 15.0. The van der Waals surface area contributed by atoms with Crippen LogP contribution in [-0.4, -0.2) is 21.1 Å². The third-order valence-electron chi connectivity index (χ3n) is 3.58. The van der Waals surface area contributed by atoms with Gasteiger partial charge in [-0.25, -0.2) is 4.98 Å². The van der Waals surface area contributed by atoms with Gasteiger partial charge >= 0.3 is 0 Å². The molecule has 21 heavy (non-hydrogen) atoms. The molecule has 1 aromatic carbocycles. The Morgan fingerprint density at radius 1 is 1.10 bits per heavy atom. The van der Waals surface area contributed by atoms with Gasteiger partial charge in [0, 0.05) is 37.1 Å². The van der Waals surface area contributed by atoms with Gasteiger partial charge in [-0.2, -0.15) is 0 Å². The molecule has 108 valence electrons. The molecule has 0 aliphatic heterocycles. The maximum Gasteiger partial charge on any atom is 0.0945 e. The number of nitrogens with zero attached hydrogens (tertiary/aromatic N) is 3. The average Bonchev–Trinajstić information content (AvgIpc) is 3.04. The molecule has 0 bridgehead atoms. The van der Waals surface area contributed by atoms with Gasteiger partial charge in [0.25, 0.3) is 0 Å². The van der Waals surface area contributed by atoms with Gasteiger partial charge in [0.2, 0.25) is 0 Å². The van der Waals surface area contributed by atoms with E-state index in [1.807, 2.05) is 31.0 Å². The molecule has 0 atom stereocenters. The largest absolute Gasteiger partial charge is 0.337 e. The zero-order valence-electron chi connectivity index (χ0n) is 12.1. The van der Waals surface area contributed by atoms with E-state index >= 15 is 0 Å². The van der Waals surface area contributed by atoms with Crippen molar-refractivity contribution in [2.45, 2.75) is 25.9 Å². The van der Waals surface area contributed by atoms with E-state index in [0.29, 0.717) is 0 Å². The topological polar surface area (TPSA) is 42.7 Å². The summed E-state index contributed by atoms with van der Waals surface area (Å²) in [6.07, 6.45) is 9.89. The summed E-state index contributed by atoms with van der Waals surface area (Å²) in [5, 5.41) is 4.71. The van der Waals surface area contributed by atoms with Crippen LogP contribution in [0.4, 0.5) is 0 Å². The van der Waals surface area contributed by atoms with Crippen molar-refractivity contribution in [2.75, 3.05) is 6.54 Å².